The molecule has 0 aromatic rings. The fourth-order valence-corrected chi connectivity index (χ4v) is 0.837. The van der Waals surface area contributed by atoms with Gasteiger partial charge in [0.2, 0.25) is 0 Å². The van der Waals surface area contributed by atoms with Crippen LogP contribution in [0.4, 0.5) is 0 Å². The van der Waals surface area contributed by atoms with Crippen molar-refractivity contribution in [2.75, 3.05) is 0 Å². The quantitative estimate of drug-likeness (QED) is 0.399. The largest absolute Gasteiger partial charge is 0.144 e. The van der Waals surface area contributed by atoms with Crippen LogP contribution in [0.1, 0.15) is 6.42 Å². The summed E-state index contributed by atoms with van der Waals surface area (Å²) in [6.07, 6.45) is 6.71. The molecule has 1 rings (SSSR count). The molecule has 1 aliphatic rings. The van der Waals surface area contributed by atoms with Crippen LogP contribution in [0.15, 0.2) is 23.1 Å². The Labute approximate surface area is 59.7 Å². The first kappa shape index (κ1) is 6.05. The molecule has 0 unspecified atom stereocenters. The van der Waals surface area contributed by atoms with Gasteiger partial charge in [-0.2, -0.15) is 0 Å². The van der Waals surface area contributed by atoms with Crippen molar-refractivity contribution >= 4 is 29.7 Å². The van der Waals surface area contributed by atoms with Crippen LogP contribution in [-0.4, -0.2) is 4.86 Å². The zero-order chi connectivity index (χ0) is 5.98. The van der Waals surface area contributed by atoms with Gasteiger partial charge in [-0.25, -0.2) is 0 Å². The summed E-state index contributed by atoms with van der Waals surface area (Å²) in [7, 11) is 0. The molecule has 0 aromatic carbocycles. The Morgan fingerprint density at radius 1 is 1.50 bits per heavy atom. The highest BCUT2D eigenvalue weighted by molar-refractivity contribution is 7.84. The number of hydrogen-bond donors (Lipinski definition) is 1. The van der Waals surface area contributed by atoms with Crippen LogP contribution >= 0.6 is 24.8 Å². The Kier molecular flexibility index (Phi) is 1.86. The number of thiocarbonyl (C=S) groups is 1. The van der Waals surface area contributed by atoms with E-state index in [9.17, 15) is 0 Å². The minimum absolute atomic E-state index is 0.880. The maximum atomic E-state index is 4.89. The lowest BCUT2D eigenvalue weighted by molar-refractivity contribution is 1.49. The van der Waals surface area contributed by atoms with Gasteiger partial charge in [0, 0.05) is 16.2 Å². The van der Waals surface area contributed by atoms with E-state index in [1.807, 2.05) is 18.2 Å². The highest BCUT2D eigenvalue weighted by Crippen LogP contribution is 2.10. The van der Waals surface area contributed by atoms with E-state index in [2.05, 4.69) is 12.6 Å². The highest BCUT2D eigenvalue weighted by atomic mass is 32.1. The molecule has 0 nitrogen and oxygen atoms in total. The summed E-state index contributed by atoms with van der Waals surface area (Å²) in [4.78, 5) is 2.00. The van der Waals surface area contributed by atoms with Gasteiger partial charge in [-0.15, -0.1) is 12.6 Å². The Morgan fingerprint density at radius 2 is 2.25 bits per heavy atom. The molecule has 0 radical (unpaired) electrons. The van der Waals surface area contributed by atoms with E-state index in [-0.39, 0.29) is 0 Å². The van der Waals surface area contributed by atoms with E-state index in [1.165, 1.54) is 0 Å². The molecule has 2 heteroatoms. The molecular formula is C6H6S2. The molecule has 0 fully saturated rings. The molecule has 0 spiro atoms. The molecule has 0 aliphatic heterocycles. The zero-order valence-electron chi connectivity index (χ0n) is 4.29. The van der Waals surface area contributed by atoms with Gasteiger partial charge in [-0.05, 0) is 12.2 Å². The van der Waals surface area contributed by atoms with Crippen molar-refractivity contribution in [3.8, 4) is 0 Å². The van der Waals surface area contributed by atoms with Crippen molar-refractivity contribution < 1.29 is 0 Å². The molecular weight excluding hydrogens is 136 g/mol. The van der Waals surface area contributed by atoms with Gasteiger partial charge in [-0.3, -0.25) is 0 Å². The third-order valence-corrected chi connectivity index (χ3v) is 1.59. The second-order valence-corrected chi connectivity index (χ2v) is 2.67. The molecule has 0 heterocycles. The standard InChI is InChI=1S/C6H6S2/c7-5-1-2-6(8)4-3-5/h1-3,7H,4H2. The number of rotatable bonds is 0. The zero-order valence-corrected chi connectivity index (χ0v) is 6.01. The lowest BCUT2D eigenvalue weighted by Gasteiger charge is -1.98. The fourth-order valence-electron chi connectivity index (χ4n) is 0.520. The fraction of sp³-hybridized carbons (Fsp3) is 0.167. The first-order valence-electron chi connectivity index (χ1n) is 2.39. The van der Waals surface area contributed by atoms with Crippen molar-refractivity contribution in [1.82, 2.24) is 0 Å². The molecule has 0 saturated heterocycles. The molecule has 8 heavy (non-hydrogen) atoms. The molecule has 0 saturated carbocycles. The van der Waals surface area contributed by atoms with Gasteiger partial charge in [0.1, 0.15) is 0 Å². The number of hydrogen-bond acceptors (Lipinski definition) is 2. The van der Waals surface area contributed by atoms with Crippen molar-refractivity contribution in [3.05, 3.63) is 23.1 Å². The Bertz CT molecular complexity index is 163. The normalized spacial score (nSPS) is 18.6. The minimum Gasteiger partial charge on any atom is -0.144 e. The molecule has 0 bridgehead atoms. The van der Waals surface area contributed by atoms with Crippen LogP contribution in [0.3, 0.4) is 0 Å². The third-order valence-electron chi connectivity index (χ3n) is 0.952. The van der Waals surface area contributed by atoms with E-state index in [0.717, 1.165) is 16.2 Å². The first-order chi connectivity index (χ1) is 3.79. The number of thiol groups is 1. The topological polar surface area (TPSA) is 0 Å². The van der Waals surface area contributed by atoms with Gasteiger partial charge < -0.3 is 0 Å². The Hall–Kier alpha value is -0.0800. The van der Waals surface area contributed by atoms with Gasteiger partial charge >= 0.3 is 0 Å². The van der Waals surface area contributed by atoms with Crippen molar-refractivity contribution in [1.29, 1.82) is 0 Å². The minimum atomic E-state index is 0.880. The lowest BCUT2D eigenvalue weighted by atomic mass is 10.2. The van der Waals surface area contributed by atoms with Gasteiger partial charge in [-0.1, -0.05) is 18.3 Å². The highest BCUT2D eigenvalue weighted by Gasteiger charge is 1.94. The number of allylic oxidation sites excluding steroid dienone is 3. The predicted octanol–water partition coefficient (Wildman–Crippen LogP) is 2.13. The molecule has 0 atom stereocenters. The van der Waals surface area contributed by atoms with Crippen LogP contribution in [0.2, 0.25) is 0 Å². The van der Waals surface area contributed by atoms with Crippen LogP contribution in [0.5, 0.6) is 0 Å². The summed E-state index contributed by atoms with van der Waals surface area (Å²) in [6, 6.07) is 0. The van der Waals surface area contributed by atoms with E-state index in [4.69, 9.17) is 12.2 Å². The summed E-state index contributed by atoms with van der Waals surface area (Å²) >= 11 is 9.01. The van der Waals surface area contributed by atoms with Gasteiger partial charge in [0.25, 0.3) is 0 Å². The van der Waals surface area contributed by atoms with Crippen LogP contribution in [-0.2, 0) is 0 Å². The third kappa shape index (κ3) is 1.46. The molecule has 42 valence electrons. The summed E-state index contributed by atoms with van der Waals surface area (Å²) in [6.45, 7) is 0. The monoisotopic (exact) mass is 142 g/mol. The smallest absolute Gasteiger partial charge is 0.0190 e. The van der Waals surface area contributed by atoms with Crippen molar-refractivity contribution in [2.24, 2.45) is 0 Å². The first-order valence-corrected chi connectivity index (χ1v) is 3.24. The van der Waals surface area contributed by atoms with E-state index in [1.54, 1.807) is 0 Å². The van der Waals surface area contributed by atoms with Gasteiger partial charge in [0.15, 0.2) is 0 Å². The molecule has 0 N–H and O–H groups in total. The van der Waals surface area contributed by atoms with E-state index in [0.29, 0.717) is 0 Å². The summed E-state index contributed by atoms with van der Waals surface area (Å²) in [5, 5.41) is 0. The summed E-state index contributed by atoms with van der Waals surface area (Å²) in [5.74, 6) is 0. The molecule has 0 amide bonds. The van der Waals surface area contributed by atoms with Crippen LogP contribution in [0.25, 0.3) is 0 Å². The van der Waals surface area contributed by atoms with E-state index >= 15 is 0 Å². The lowest BCUT2D eigenvalue weighted by Crippen LogP contribution is -1.89. The SMILES string of the molecule is S=C1C=CC(S)=CC1. The average molecular weight is 142 g/mol. The average Bonchev–Trinajstić information content (AvgIpc) is 1.77. The summed E-state index contributed by atoms with van der Waals surface area (Å²) in [5.41, 5.74) is 0. The van der Waals surface area contributed by atoms with E-state index < -0.39 is 0 Å². The van der Waals surface area contributed by atoms with Crippen molar-refractivity contribution in [3.63, 3.8) is 0 Å². The second kappa shape index (κ2) is 2.46. The van der Waals surface area contributed by atoms with Crippen molar-refractivity contribution in [2.45, 2.75) is 6.42 Å². The second-order valence-electron chi connectivity index (χ2n) is 1.63. The maximum absolute atomic E-state index is 4.89. The molecule has 1 aliphatic carbocycles. The van der Waals surface area contributed by atoms with Crippen LogP contribution in [0, 0.1) is 0 Å². The Balaban J connectivity index is 2.71. The maximum Gasteiger partial charge on any atom is 0.0190 e. The Morgan fingerprint density at radius 3 is 2.62 bits per heavy atom. The summed E-state index contributed by atoms with van der Waals surface area (Å²) < 4.78 is 0. The molecule has 0 aromatic heterocycles. The van der Waals surface area contributed by atoms with Crippen LogP contribution < -0.4 is 0 Å². The predicted molar refractivity (Wildman–Crippen MR) is 43.4 cm³/mol. The van der Waals surface area contributed by atoms with Gasteiger partial charge in [0.05, 0.1) is 0 Å².